The van der Waals surface area contributed by atoms with Crippen molar-refractivity contribution >= 4 is 23.4 Å². The Hall–Kier alpha value is -2.58. The lowest BCUT2D eigenvalue weighted by Gasteiger charge is -2.27. The summed E-state index contributed by atoms with van der Waals surface area (Å²) in [6.07, 6.45) is 2.49. The Morgan fingerprint density at radius 1 is 1.17 bits per heavy atom. The number of aromatic nitrogens is 3. The summed E-state index contributed by atoms with van der Waals surface area (Å²) in [6.45, 7) is 5.90. The van der Waals surface area contributed by atoms with Crippen molar-refractivity contribution in [2.45, 2.75) is 64.6 Å². The van der Waals surface area contributed by atoms with Gasteiger partial charge in [-0.25, -0.2) is 13.6 Å². The first-order chi connectivity index (χ1) is 13.7. The number of aldehydes is 1. The van der Waals surface area contributed by atoms with Gasteiger partial charge in [0.1, 0.15) is 11.9 Å². The van der Waals surface area contributed by atoms with E-state index in [4.69, 9.17) is 4.74 Å². The van der Waals surface area contributed by atoms with Crippen LogP contribution in [0.3, 0.4) is 0 Å². The molecule has 9 heteroatoms. The summed E-state index contributed by atoms with van der Waals surface area (Å²) in [5, 5.41) is 8.22. The topological polar surface area (TPSA) is 77.3 Å². The van der Waals surface area contributed by atoms with Crippen LogP contribution in [-0.2, 0) is 28.9 Å². The molecule has 0 radical (unpaired) electrons. The second-order valence-corrected chi connectivity index (χ2v) is 8.79. The standard InChI is InChI=1S/C20H24F2N4O3/c1-20(2,3)29-19(28)25(12-4-5-12)6-7-26-23-17-15(21)13-8-11(10-27)9-14(13)16(22)18(17)24-26/h10-12H,4-9H2,1-3H3. The molecule has 1 aromatic carbocycles. The molecule has 0 atom stereocenters. The normalized spacial score (nSPS) is 16.9. The molecule has 2 aliphatic carbocycles. The molecule has 1 heterocycles. The van der Waals surface area contributed by atoms with E-state index in [0.717, 1.165) is 19.1 Å². The average Bonchev–Trinajstić information content (AvgIpc) is 3.22. The molecule has 4 rings (SSSR count). The largest absolute Gasteiger partial charge is 0.444 e. The van der Waals surface area contributed by atoms with Crippen LogP contribution >= 0.6 is 0 Å². The summed E-state index contributed by atoms with van der Waals surface area (Å²) in [5.74, 6) is -1.63. The number of hydrogen-bond donors (Lipinski definition) is 0. The number of hydrogen-bond acceptors (Lipinski definition) is 5. The first kappa shape index (κ1) is 19.7. The molecule has 29 heavy (non-hydrogen) atoms. The van der Waals surface area contributed by atoms with E-state index in [-0.39, 0.29) is 54.1 Å². The average molecular weight is 406 g/mol. The highest BCUT2D eigenvalue weighted by Crippen LogP contribution is 2.34. The van der Waals surface area contributed by atoms with Crippen LogP contribution in [0.4, 0.5) is 13.6 Å². The van der Waals surface area contributed by atoms with E-state index >= 15 is 0 Å². The van der Waals surface area contributed by atoms with Crippen LogP contribution in [0.15, 0.2) is 0 Å². The van der Waals surface area contributed by atoms with Gasteiger partial charge in [0.05, 0.1) is 6.54 Å². The van der Waals surface area contributed by atoms with E-state index in [1.807, 2.05) is 0 Å². The van der Waals surface area contributed by atoms with Gasteiger partial charge in [0.2, 0.25) is 0 Å². The monoisotopic (exact) mass is 406 g/mol. The maximum atomic E-state index is 14.8. The van der Waals surface area contributed by atoms with E-state index in [2.05, 4.69) is 10.2 Å². The van der Waals surface area contributed by atoms with Crippen LogP contribution in [0.1, 0.15) is 44.7 Å². The van der Waals surface area contributed by atoms with Crippen molar-refractivity contribution in [2.24, 2.45) is 5.92 Å². The van der Waals surface area contributed by atoms with Gasteiger partial charge < -0.3 is 14.4 Å². The first-order valence-corrected chi connectivity index (χ1v) is 9.86. The number of fused-ring (bicyclic) bond motifs is 2. The van der Waals surface area contributed by atoms with Crippen LogP contribution in [0, 0.1) is 17.6 Å². The first-order valence-electron chi connectivity index (χ1n) is 9.86. The Bertz CT molecular complexity index is 929. The SMILES string of the molecule is CC(C)(C)OC(=O)N(CCn1nc2c(F)c3c(c(F)c2n1)CC(C=O)C3)C1CC1. The fourth-order valence-electron chi connectivity index (χ4n) is 3.74. The number of carbonyl (C=O) groups excluding carboxylic acids is 2. The minimum atomic E-state index is -0.613. The zero-order valence-corrected chi connectivity index (χ0v) is 16.7. The summed E-state index contributed by atoms with van der Waals surface area (Å²) in [5.41, 5.74) is -0.444. The Labute approximate surface area is 167 Å². The number of amides is 1. The Morgan fingerprint density at radius 3 is 2.17 bits per heavy atom. The van der Waals surface area contributed by atoms with Gasteiger partial charge in [0.15, 0.2) is 22.7 Å². The van der Waals surface area contributed by atoms with Gasteiger partial charge in [-0.05, 0) is 57.6 Å². The molecule has 0 aliphatic heterocycles. The maximum absolute atomic E-state index is 14.8. The second-order valence-electron chi connectivity index (χ2n) is 8.79. The van der Waals surface area contributed by atoms with Crippen LogP contribution in [0.2, 0.25) is 0 Å². The molecule has 156 valence electrons. The lowest BCUT2D eigenvalue weighted by atomic mass is 10.1. The fourth-order valence-corrected chi connectivity index (χ4v) is 3.74. The molecule has 0 saturated heterocycles. The molecule has 0 spiro atoms. The molecule has 2 aromatic rings. The van der Waals surface area contributed by atoms with Crippen molar-refractivity contribution in [2.75, 3.05) is 6.54 Å². The van der Waals surface area contributed by atoms with Gasteiger partial charge in [-0.3, -0.25) is 0 Å². The molecule has 2 aliphatic rings. The molecule has 7 nitrogen and oxygen atoms in total. The molecule has 1 fully saturated rings. The minimum Gasteiger partial charge on any atom is -0.444 e. The second kappa shape index (κ2) is 7.03. The third kappa shape index (κ3) is 3.82. The number of ether oxygens (including phenoxy) is 1. The summed E-state index contributed by atoms with van der Waals surface area (Å²) < 4.78 is 35.1. The van der Waals surface area contributed by atoms with E-state index in [1.165, 1.54) is 4.80 Å². The van der Waals surface area contributed by atoms with E-state index in [0.29, 0.717) is 0 Å². The van der Waals surface area contributed by atoms with Crippen molar-refractivity contribution in [3.63, 3.8) is 0 Å². The summed E-state index contributed by atoms with van der Waals surface area (Å²) in [4.78, 5) is 26.3. The highest BCUT2D eigenvalue weighted by molar-refractivity contribution is 5.79. The number of benzene rings is 1. The zero-order valence-electron chi connectivity index (χ0n) is 16.7. The number of carbonyl (C=O) groups is 2. The van der Waals surface area contributed by atoms with Crippen molar-refractivity contribution in [1.29, 1.82) is 0 Å². The highest BCUT2D eigenvalue weighted by Gasteiger charge is 2.35. The van der Waals surface area contributed by atoms with Gasteiger partial charge in [0, 0.05) is 18.5 Å². The Kier molecular flexibility index (Phi) is 4.78. The van der Waals surface area contributed by atoms with Gasteiger partial charge in [0.25, 0.3) is 0 Å². The quantitative estimate of drug-likeness (QED) is 0.714. The molecule has 1 amide bonds. The predicted octanol–water partition coefficient (Wildman–Crippen LogP) is 3.02. The van der Waals surface area contributed by atoms with Crippen LogP contribution in [0.5, 0.6) is 0 Å². The van der Waals surface area contributed by atoms with E-state index < -0.39 is 29.2 Å². The Balaban J connectivity index is 1.55. The molecule has 0 bridgehead atoms. The predicted molar refractivity (Wildman–Crippen MR) is 100 cm³/mol. The lowest BCUT2D eigenvalue weighted by Crippen LogP contribution is -2.40. The maximum Gasteiger partial charge on any atom is 0.410 e. The third-order valence-corrected chi connectivity index (χ3v) is 5.25. The summed E-state index contributed by atoms with van der Waals surface area (Å²) >= 11 is 0. The summed E-state index contributed by atoms with van der Waals surface area (Å²) in [6, 6.07) is 0.118. The highest BCUT2D eigenvalue weighted by atomic mass is 19.1. The third-order valence-electron chi connectivity index (χ3n) is 5.25. The molecular weight excluding hydrogens is 382 g/mol. The molecule has 1 aromatic heterocycles. The number of rotatable bonds is 5. The van der Waals surface area contributed by atoms with E-state index in [1.54, 1.807) is 25.7 Å². The smallest absolute Gasteiger partial charge is 0.410 e. The van der Waals surface area contributed by atoms with Gasteiger partial charge in [-0.1, -0.05) is 0 Å². The van der Waals surface area contributed by atoms with Crippen molar-refractivity contribution in [3.8, 4) is 0 Å². The molecule has 0 unspecified atom stereocenters. The number of nitrogens with zero attached hydrogens (tertiary/aromatic N) is 4. The van der Waals surface area contributed by atoms with E-state index in [9.17, 15) is 18.4 Å². The van der Waals surface area contributed by atoms with Crippen molar-refractivity contribution < 1.29 is 23.1 Å². The Morgan fingerprint density at radius 2 is 1.72 bits per heavy atom. The molecule has 1 saturated carbocycles. The van der Waals surface area contributed by atoms with Gasteiger partial charge in [-0.2, -0.15) is 15.0 Å². The van der Waals surface area contributed by atoms with Gasteiger partial charge >= 0.3 is 6.09 Å². The lowest BCUT2D eigenvalue weighted by molar-refractivity contribution is -0.110. The number of halogens is 2. The van der Waals surface area contributed by atoms with Crippen LogP contribution in [0.25, 0.3) is 11.0 Å². The summed E-state index contributed by atoms with van der Waals surface area (Å²) in [7, 11) is 0. The zero-order chi connectivity index (χ0) is 20.9. The van der Waals surface area contributed by atoms with Crippen LogP contribution < -0.4 is 0 Å². The molecule has 0 N–H and O–H groups in total. The fraction of sp³-hybridized carbons (Fsp3) is 0.600. The minimum absolute atomic E-state index is 0.118. The molecular formula is C20H24F2N4O3. The van der Waals surface area contributed by atoms with Crippen molar-refractivity contribution in [1.82, 2.24) is 19.9 Å². The van der Waals surface area contributed by atoms with Gasteiger partial charge in [-0.15, -0.1) is 0 Å². The van der Waals surface area contributed by atoms with Crippen molar-refractivity contribution in [3.05, 3.63) is 22.8 Å². The van der Waals surface area contributed by atoms with Crippen LogP contribution in [-0.4, -0.2) is 50.5 Å².